The molecule has 2 aromatic rings. The Morgan fingerprint density at radius 3 is 2.94 bits per heavy atom. The third kappa shape index (κ3) is 2.43. The molecule has 0 radical (unpaired) electrons. The molecule has 1 N–H and O–H groups in total. The minimum absolute atomic E-state index is 0.184. The summed E-state index contributed by atoms with van der Waals surface area (Å²) in [6.45, 7) is 0.184. The number of rotatable bonds is 3. The molecule has 1 aromatic heterocycles. The van der Waals surface area contributed by atoms with Gasteiger partial charge in [-0.15, -0.1) is 11.3 Å². The van der Waals surface area contributed by atoms with Crippen LogP contribution in [0.25, 0.3) is 0 Å². The fourth-order valence-electron chi connectivity index (χ4n) is 1.23. The van der Waals surface area contributed by atoms with Crippen LogP contribution in [0.4, 0.5) is 4.39 Å². The number of thiazole rings is 1. The number of carbonyl (C=O) groups is 1. The number of benzene rings is 1. The number of hydrogen-bond donors (Lipinski definition) is 1. The van der Waals surface area contributed by atoms with Crippen LogP contribution in [-0.4, -0.2) is 10.9 Å². The van der Waals surface area contributed by atoms with Crippen molar-refractivity contribution in [3.05, 3.63) is 52.2 Å². The molecule has 1 aromatic carbocycles. The highest BCUT2D eigenvalue weighted by Gasteiger charge is 2.07. The standard InChI is InChI=1S/C11H9FN2OS/c12-9-4-2-1-3-8(9)5-14-11(15)10-6-13-7-16-10/h1-4,6-7H,5H2,(H,14,15). The second-order valence-electron chi connectivity index (χ2n) is 3.14. The molecule has 16 heavy (non-hydrogen) atoms. The van der Waals surface area contributed by atoms with Crippen molar-refractivity contribution in [2.24, 2.45) is 0 Å². The molecule has 3 nitrogen and oxygen atoms in total. The summed E-state index contributed by atoms with van der Waals surface area (Å²) in [6.07, 6.45) is 1.49. The fourth-order valence-corrected chi connectivity index (χ4v) is 1.77. The quantitative estimate of drug-likeness (QED) is 0.887. The van der Waals surface area contributed by atoms with E-state index in [1.54, 1.807) is 23.7 Å². The van der Waals surface area contributed by atoms with Crippen molar-refractivity contribution in [1.29, 1.82) is 0 Å². The van der Waals surface area contributed by atoms with E-state index in [0.29, 0.717) is 10.4 Å². The normalized spacial score (nSPS) is 10.1. The maximum Gasteiger partial charge on any atom is 0.263 e. The molecule has 0 bridgehead atoms. The van der Waals surface area contributed by atoms with Crippen molar-refractivity contribution in [3.8, 4) is 0 Å². The Bertz CT molecular complexity index is 484. The Kier molecular flexibility index (Phi) is 3.26. The lowest BCUT2D eigenvalue weighted by atomic mass is 10.2. The lowest BCUT2D eigenvalue weighted by molar-refractivity contribution is 0.0954. The van der Waals surface area contributed by atoms with E-state index in [2.05, 4.69) is 10.3 Å². The smallest absolute Gasteiger partial charge is 0.263 e. The minimum atomic E-state index is -0.313. The number of carbonyl (C=O) groups excluding carboxylic acids is 1. The monoisotopic (exact) mass is 236 g/mol. The number of nitrogens with zero attached hydrogens (tertiary/aromatic N) is 1. The number of amides is 1. The molecule has 0 saturated carbocycles. The van der Waals surface area contributed by atoms with Gasteiger partial charge in [0.25, 0.3) is 5.91 Å². The third-order valence-electron chi connectivity index (χ3n) is 2.05. The molecule has 5 heteroatoms. The zero-order valence-electron chi connectivity index (χ0n) is 8.31. The van der Waals surface area contributed by atoms with Gasteiger partial charge < -0.3 is 5.32 Å². The van der Waals surface area contributed by atoms with E-state index in [4.69, 9.17) is 0 Å². The molecule has 0 fully saturated rings. The first-order valence-electron chi connectivity index (χ1n) is 4.67. The highest BCUT2D eigenvalue weighted by molar-refractivity contribution is 7.11. The fraction of sp³-hybridized carbons (Fsp3) is 0.0909. The summed E-state index contributed by atoms with van der Waals surface area (Å²) in [7, 11) is 0. The first-order chi connectivity index (χ1) is 7.77. The van der Waals surface area contributed by atoms with Gasteiger partial charge in [0.2, 0.25) is 0 Å². The van der Waals surface area contributed by atoms with Gasteiger partial charge in [-0.2, -0.15) is 0 Å². The lowest BCUT2D eigenvalue weighted by Gasteiger charge is -2.04. The molecule has 0 aliphatic heterocycles. The van der Waals surface area contributed by atoms with Crippen LogP contribution in [-0.2, 0) is 6.54 Å². The molecule has 0 saturated heterocycles. The molecule has 0 spiro atoms. The number of aromatic nitrogens is 1. The molecule has 0 aliphatic carbocycles. The van der Waals surface area contributed by atoms with Gasteiger partial charge >= 0.3 is 0 Å². The minimum Gasteiger partial charge on any atom is -0.347 e. The van der Waals surface area contributed by atoms with Gasteiger partial charge in [-0.1, -0.05) is 18.2 Å². The van der Waals surface area contributed by atoms with Crippen LogP contribution < -0.4 is 5.32 Å². The molecule has 0 atom stereocenters. The summed E-state index contributed by atoms with van der Waals surface area (Å²) >= 11 is 1.25. The van der Waals surface area contributed by atoms with Crippen LogP contribution in [0, 0.1) is 5.82 Å². The summed E-state index contributed by atoms with van der Waals surface area (Å²) in [4.78, 5) is 15.9. The molecule has 82 valence electrons. The predicted octanol–water partition coefficient (Wildman–Crippen LogP) is 2.21. The molecular formula is C11H9FN2OS. The Morgan fingerprint density at radius 2 is 2.25 bits per heavy atom. The largest absolute Gasteiger partial charge is 0.347 e. The van der Waals surface area contributed by atoms with E-state index in [1.807, 2.05) is 0 Å². The average Bonchev–Trinajstić information content (AvgIpc) is 2.81. The van der Waals surface area contributed by atoms with Crippen LogP contribution in [0.15, 0.2) is 36.0 Å². The second kappa shape index (κ2) is 4.85. The van der Waals surface area contributed by atoms with E-state index in [0.717, 1.165) is 0 Å². The first-order valence-corrected chi connectivity index (χ1v) is 5.55. The molecule has 0 unspecified atom stereocenters. The van der Waals surface area contributed by atoms with Gasteiger partial charge in [-0.3, -0.25) is 9.78 Å². The Balaban J connectivity index is 1.98. The maximum absolute atomic E-state index is 13.2. The maximum atomic E-state index is 13.2. The van der Waals surface area contributed by atoms with Gasteiger partial charge in [-0.05, 0) is 6.07 Å². The van der Waals surface area contributed by atoms with Crippen molar-refractivity contribution >= 4 is 17.2 Å². The van der Waals surface area contributed by atoms with Crippen LogP contribution in [0.2, 0.25) is 0 Å². The van der Waals surface area contributed by atoms with E-state index in [-0.39, 0.29) is 18.3 Å². The van der Waals surface area contributed by atoms with E-state index < -0.39 is 0 Å². The SMILES string of the molecule is O=C(NCc1ccccc1F)c1cncs1. The lowest BCUT2D eigenvalue weighted by Crippen LogP contribution is -2.22. The van der Waals surface area contributed by atoms with Crippen LogP contribution in [0.5, 0.6) is 0 Å². The van der Waals surface area contributed by atoms with Gasteiger partial charge in [0.05, 0.1) is 11.7 Å². The van der Waals surface area contributed by atoms with Crippen molar-refractivity contribution in [3.63, 3.8) is 0 Å². The molecule has 1 amide bonds. The zero-order valence-corrected chi connectivity index (χ0v) is 9.13. The average molecular weight is 236 g/mol. The van der Waals surface area contributed by atoms with Gasteiger partial charge in [-0.25, -0.2) is 4.39 Å². The van der Waals surface area contributed by atoms with Crippen molar-refractivity contribution in [1.82, 2.24) is 10.3 Å². The molecule has 2 rings (SSSR count). The Morgan fingerprint density at radius 1 is 1.44 bits per heavy atom. The van der Waals surface area contributed by atoms with Gasteiger partial charge in [0.1, 0.15) is 10.7 Å². The Hall–Kier alpha value is -1.75. The van der Waals surface area contributed by atoms with E-state index >= 15 is 0 Å². The molecule has 0 aliphatic rings. The van der Waals surface area contributed by atoms with E-state index in [9.17, 15) is 9.18 Å². The second-order valence-corrected chi connectivity index (χ2v) is 4.03. The number of halogens is 1. The molecular weight excluding hydrogens is 227 g/mol. The summed E-state index contributed by atoms with van der Waals surface area (Å²) in [6, 6.07) is 6.36. The van der Waals surface area contributed by atoms with Gasteiger partial charge in [0.15, 0.2) is 0 Å². The highest BCUT2D eigenvalue weighted by atomic mass is 32.1. The first kappa shape index (κ1) is 10.8. The zero-order chi connectivity index (χ0) is 11.4. The van der Waals surface area contributed by atoms with E-state index in [1.165, 1.54) is 23.6 Å². The summed E-state index contributed by atoms with van der Waals surface area (Å²) in [5.41, 5.74) is 2.05. The third-order valence-corrected chi connectivity index (χ3v) is 2.83. The van der Waals surface area contributed by atoms with Crippen LogP contribution in [0.3, 0.4) is 0 Å². The highest BCUT2D eigenvalue weighted by Crippen LogP contribution is 2.08. The number of hydrogen-bond acceptors (Lipinski definition) is 3. The molecule has 1 heterocycles. The summed E-state index contributed by atoms with van der Waals surface area (Å²) in [5.74, 6) is -0.544. The topological polar surface area (TPSA) is 42.0 Å². The number of nitrogens with one attached hydrogen (secondary N) is 1. The van der Waals surface area contributed by atoms with Crippen molar-refractivity contribution in [2.45, 2.75) is 6.54 Å². The van der Waals surface area contributed by atoms with Crippen molar-refractivity contribution in [2.75, 3.05) is 0 Å². The van der Waals surface area contributed by atoms with Crippen LogP contribution in [0.1, 0.15) is 15.2 Å². The summed E-state index contributed by atoms with van der Waals surface area (Å²) < 4.78 is 13.2. The predicted molar refractivity (Wildman–Crippen MR) is 59.7 cm³/mol. The van der Waals surface area contributed by atoms with Crippen molar-refractivity contribution < 1.29 is 9.18 Å². The van der Waals surface area contributed by atoms with Crippen LogP contribution >= 0.6 is 11.3 Å². The van der Waals surface area contributed by atoms with Gasteiger partial charge in [0, 0.05) is 12.1 Å². The Labute approximate surface area is 96.0 Å². The summed E-state index contributed by atoms with van der Waals surface area (Å²) in [5, 5.41) is 2.63.